The molecule has 0 aliphatic heterocycles. The highest BCUT2D eigenvalue weighted by Gasteiger charge is 2.15. The van der Waals surface area contributed by atoms with Crippen LogP contribution in [0.25, 0.3) is 0 Å². The number of nitrogens with two attached hydrogens (primary N) is 1. The first-order valence-corrected chi connectivity index (χ1v) is 5.21. The van der Waals surface area contributed by atoms with Gasteiger partial charge in [0.2, 0.25) is 5.89 Å². The van der Waals surface area contributed by atoms with E-state index in [4.69, 9.17) is 10.3 Å². The van der Waals surface area contributed by atoms with Crippen LogP contribution < -0.4 is 5.73 Å². The van der Waals surface area contributed by atoms with Crippen LogP contribution in [-0.4, -0.2) is 10.1 Å². The molecular formula is C10H19N3O. The van der Waals surface area contributed by atoms with E-state index in [0.29, 0.717) is 11.8 Å². The highest BCUT2D eigenvalue weighted by atomic mass is 16.5. The molecule has 0 fully saturated rings. The van der Waals surface area contributed by atoms with E-state index < -0.39 is 0 Å². The first kappa shape index (κ1) is 11.2. The van der Waals surface area contributed by atoms with Crippen molar-refractivity contribution in [1.82, 2.24) is 10.1 Å². The zero-order chi connectivity index (χ0) is 10.6. The fraction of sp³-hybridized carbons (Fsp3) is 0.800. The predicted octanol–water partition coefficient (Wildman–Crippen LogP) is 2.07. The summed E-state index contributed by atoms with van der Waals surface area (Å²) in [7, 11) is 0. The van der Waals surface area contributed by atoms with Crippen molar-refractivity contribution in [2.45, 2.75) is 46.1 Å². The van der Waals surface area contributed by atoms with Gasteiger partial charge in [0.1, 0.15) is 0 Å². The number of hydrogen-bond donors (Lipinski definition) is 1. The number of hydrogen-bond acceptors (Lipinski definition) is 4. The van der Waals surface area contributed by atoms with Crippen molar-refractivity contribution in [2.75, 3.05) is 0 Å². The lowest BCUT2D eigenvalue weighted by molar-refractivity contribution is 0.332. The Morgan fingerprint density at radius 1 is 1.43 bits per heavy atom. The average molecular weight is 197 g/mol. The number of nitrogens with zero attached hydrogens (tertiary/aromatic N) is 2. The van der Waals surface area contributed by atoms with Crippen LogP contribution in [0.4, 0.5) is 0 Å². The largest absolute Gasteiger partial charge is 0.338 e. The topological polar surface area (TPSA) is 64.9 Å². The van der Waals surface area contributed by atoms with Crippen LogP contribution in [0.3, 0.4) is 0 Å². The molecule has 4 heteroatoms. The monoisotopic (exact) mass is 197 g/mol. The Hall–Kier alpha value is -0.900. The van der Waals surface area contributed by atoms with E-state index in [1.54, 1.807) is 0 Å². The van der Waals surface area contributed by atoms with Gasteiger partial charge < -0.3 is 10.3 Å². The van der Waals surface area contributed by atoms with Gasteiger partial charge in [-0.1, -0.05) is 25.9 Å². The lowest BCUT2D eigenvalue weighted by atomic mass is 10.0. The fourth-order valence-corrected chi connectivity index (χ4v) is 1.35. The molecule has 1 atom stereocenters. The standard InChI is InChI=1S/C10H19N3O/c1-4-5-9-12-10(14-13-9)8(11)6-7(2)3/h7-8H,4-6,11H2,1-3H3/t8-/m1/s1. The molecule has 14 heavy (non-hydrogen) atoms. The highest BCUT2D eigenvalue weighted by Crippen LogP contribution is 2.16. The molecule has 4 nitrogen and oxygen atoms in total. The summed E-state index contributed by atoms with van der Waals surface area (Å²) in [5, 5.41) is 3.87. The van der Waals surface area contributed by atoms with Gasteiger partial charge in [0.05, 0.1) is 6.04 Å². The summed E-state index contributed by atoms with van der Waals surface area (Å²) >= 11 is 0. The Kier molecular flexibility index (Phi) is 4.07. The minimum Gasteiger partial charge on any atom is -0.338 e. The van der Waals surface area contributed by atoms with Crippen molar-refractivity contribution >= 4 is 0 Å². The SMILES string of the molecule is CCCc1noc([C@H](N)CC(C)C)n1. The van der Waals surface area contributed by atoms with Gasteiger partial charge in [0, 0.05) is 6.42 Å². The van der Waals surface area contributed by atoms with E-state index in [0.717, 1.165) is 25.1 Å². The van der Waals surface area contributed by atoms with Gasteiger partial charge in [-0.2, -0.15) is 4.98 Å². The van der Waals surface area contributed by atoms with E-state index in [1.165, 1.54) is 0 Å². The molecular weight excluding hydrogens is 178 g/mol. The number of rotatable bonds is 5. The normalized spacial score (nSPS) is 13.5. The van der Waals surface area contributed by atoms with Crippen LogP contribution in [0.1, 0.15) is 51.4 Å². The third-order valence-corrected chi connectivity index (χ3v) is 2.00. The lowest BCUT2D eigenvalue weighted by Gasteiger charge is -2.08. The maximum atomic E-state index is 5.91. The molecule has 1 rings (SSSR count). The minimum atomic E-state index is -0.117. The Morgan fingerprint density at radius 2 is 2.14 bits per heavy atom. The number of aromatic nitrogens is 2. The zero-order valence-corrected chi connectivity index (χ0v) is 9.16. The Labute approximate surface area is 84.9 Å². The lowest BCUT2D eigenvalue weighted by Crippen LogP contribution is -2.13. The Bertz CT molecular complexity index is 270. The molecule has 0 saturated heterocycles. The summed E-state index contributed by atoms with van der Waals surface area (Å²) in [6.07, 6.45) is 2.77. The number of aryl methyl sites for hydroxylation is 1. The zero-order valence-electron chi connectivity index (χ0n) is 9.16. The minimum absolute atomic E-state index is 0.117. The van der Waals surface area contributed by atoms with E-state index in [-0.39, 0.29) is 6.04 Å². The molecule has 0 aliphatic rings. The highest BCUT2D eigenvalue weighted by molar-refractivity contribution is 4.91. The smallest absolute Gasteiger partial charge is 0.243 e. The first-order chi connectivity index (χ1) is 6.63. The van der Waals surface area contributed by atoms with Gasteiger partial charge >= 0.3 is 0 Å². The summed E-state index contributed by atoms with van der Waals surface area (Å²) in [4.78, 5) is 4.25. The summed E-state index contributed by atoms with van der Waals surface area (Å²) in [6.45, 7) is 6.34. The summed E-state index contributed by atoms with van der Waals surface area (Å²) < 4.78 is 5.09. The van der Waals surface area contributed by atoms with Crippen molar-refractivity contribution in [2.24, 2.45) is 11.7 Å². The van der Waals surface area contributed by atoms with E-state index in [9.17, 15) is 0 Å². The second-order valence-electron chi connectivity index (χ2n) is 4.03. The third kappa shape index (κ3) is 3.10. The van der Waals surface area contributed by atoms with Gasteiger partial charge in [-0.3, -0.25) is 0 Å². The van der Waals surface area contributed by atoms with E-state index in [1.807, 2.05) is 0 Å². The molecule has 0 saturated carbocycles. The van der Waals surface area contributed by atoms with Gasteiger partial charge in [-0.25, -0.2) is 0 Å². The molecule has 0 radical (unpaired) electrons. The van der Waals surface area contributed by atoms with Crippen molar-refractivity contribution in [3.63, 3.8) is 0 Å². The molecule has 1 aromatic heterocycles. The summed E-state index contributed by atoms with van der Waals surface area (Å²) in [5.74, 6) is 1.88. The molecule has 0 aliphatic carbocycles. The molecule has 1 aromatic rings. The molecule has 0 amide bonds. The quantitative estimate of drug-likeness (QED) is 0.784. The average Bonchev–Trinajstić information content (AvgIpc) is 2.52. The third-order valence-electron chi connectivity index (χ3n) is 2.00. The van der Waals surface area contributed by atoms with E-state index in [2.05, 4.69) is 30.9 Å². The molecule has 0 aromatic carbocycles. The van der Waals surface area contributed by atoms with Crippen LogP contribution in [0.15, 0.2) is 4.52 Å². The van der Waals surface area contributed by atoms with Crippen molar-refractivity contribution in [1.29, 1.82) is 0 Å². The molecule has 0 bridgehead atoms. The van der Waals surface area contributed by atoms with Gasteiger partial charge in [0.15, 0.2) is 5.82 Å². The molecule has 0 unspecified atom stereocenters. The van der Waals surface area contributed by atoms with Crippen LogP contribution in [0, 0.1) is 5.92 Å². The maximum Gasteiger partial charge on any atom is 0.243 e. The predicted molar refractivity (Wildman–Crippen MR) is 54.7 cm³/mol. The van der Waals surface area contributed by atoms with Crippen LogP contribution >= 0.6 is 0 Å². The van der Waals surface area contributed by atoms with Gasteiger partial charge in [0.25, 0.3) is 0 Å². The second-order valence-corrected chi connectivity index (χ2v) is 4.03. The molecule has 1 heterocycles. The Balaban J connectivity index is 2.57. The molecule has 0 spiro atoms. The molecule has 2 N–H and O–H groups in total. The van der Waals surface area contributed by atoms with E-state index >= 15 is 0 Å². The van der Waals surface area contributed by atoms with Gasteiger partial charge in [-0.15, -0.1) is 0 Å². The van der Waals surface area contributed by atoms with Crippen LogP contribution in [0.5, 0.6) is 0 Å². The molecule has 80 valence electrons. The maximum absolute atomic E-state index is 5.91. The van der Waals surface area contributed by atoms with Crippen LogP contribution in [0.2, 0.25) is 0 Å². The second kappa shape index (κ2) is 5.10. The van der Waals surface area contributed by atoms with Crippen molar-refractivity contribution in [3.05, 3.63) is 11.7 Å². The Morgan fingerprint density at radius 3 is 2.71 bits per heavy atom. The summed E-state index contributed by atoms with van der Waals surface area (Å²) in [5.41, 5.74) is 5.91. The van der Waals surface area contributed by atoms with Crippen molar-refractivity contribution in [3.8, 4) is 0 Å². The van der Waals surface area contributed by atoms with Crippen LogP contribution in [-0.2, 0) is 6.42 Å². The van der Waals surface area contributed by atoms with Gasteiger partial charge in [-0.05, 0) is 18.8 Å². The fourth-order valence-electron chi connectivity index (χ4n) is 1.35. The summed E-state index contributed by atoms with van der Waals surface area (Å²) in [6, 6.07) is -0.117. The first-order valence-electron chi connectivity index (χ1n) is 5.21. The van der Waals surface area contributed by atoms with Crippen molar-refractivity contribution < 1.29 is 4.52 Å².